The number of carbonyl (C=O) groups excluding carboxylic acids is 2. The molecule has 2 rings (SSSR count). The summed E-state index contributed by atoms with van der Waals surface area (Å²) in [4.78, 5) is 22.8. The Kier molecular flexibility index (Phi) is 5.48. The number of hydrogen-bond acceptors (Lipinski definition) is 7. The molecular weight excluding hydrogens is 306 g/mol. The summed E-state index contributed by atoms with van der Waals surface area (Å²) in [6.45, 7) is 3.81. The van der Waals surface area contributed by atoms with Crippen LogP contribution in [0.2, 0.25) is 0 Å². The lowest BCUT2D eigenvalue weighted by Crippen LogP contribution is -2.32. The fourth-order valence-corrected chi connectivity index (χ4v) is 2.35. The number of hydrogen-bond donors (Lipinski definition) is 1. The number of aromatic nitrogens is 4. The molecule has 0 unspecified atom stereocenters. The van der Waals surface area contributed by atoms with Crippen molar-refractivity contribution in [2.75, 3.05) is 12.4 Å². The number of benzene rings is 1. The molecule has 0 bridgehead atoms. The SMILES string of the molecule is CCOC(=O)NC(=O)CSc1nnnn1-c1ccccc1C. The second-order valence-corrected chi connectivity index (χ2v) is 5.16. The first-order valence-corrected chi connectivity index (χ1v) is 7.54. The average molecular weight is 321 g/mol. The summed E-state index contributed by atoms with van der Waals surface area (Å²) in [6, 6.07) is 7.63. The van der Waals surface area contributed by atoms with Gasteiger partial charge in [0.15, 0.2) is 0 Å². The molecule has 0 saturated heterocycles. The van der Waals surface area contributed by atoms with Crippen LogP contribution in [0.1, 0.15) is 12.5 Å². The second kappa shape index (κ2) is 7.55. The van der Waals surface area contributed by atoms with Crippen LogP contribution in [0.5, 0.6) is 0 Å². The lowest BCUT2D eigenvalue weighted by molar-refractivity contribution is -0.117. The summed E-state index contributed by atoms with van der Waals surface area (Å²) in [5, 5.41) is 14.0. The molecule has 2 aromatic rings. The number of thioether (sulfide) groups is 1. The van der Waals surface area contributed by atoms with Crippen LogP contribution in [0.3, 0.4) is 0 Å². The van der Waals surface area contributed by atoms with Crippen molar-refractivity contribution >= 4 is 23.8 Å². The van der Waals surface area contributed by atoms with Gasteiger partial charge in [0.2, 0.25) is 11.1 Å². The largest absolute Gasteiger partial charge is 0.450 e. The van der Waals surface area contributed by atoms with Crippen molar-refractivity contribution in [2.24, 2.45) is 0 Å². The fraction of sp³-hybridized carbons (Fsp3) is 0.308. The standard InChI is InChI=1S/C13H15N5O3S/c1-3-21-13(20)14-11(19)8-22-12-15-16-17-18(12)10-7-5-4-6-9(10)2/h4-7H,3,8H2,1-2H3,(H,14,19,20). The lowest BCUT2D eigenvalue weighted by Gasteiger charge is -2.07. The lowest BCUT2D eigenvalue weighted by atomic mass is 10.2. The van der Waals surface area contributed by atoms with Gasteiger partial charge in [-0.1, -0.05) is 30.0 Å². The number of carbonyl (C=O) groups is 2. The van der Waals surface area contributed by atoms with Crippen molar-refractivity contribution in [1.29, 1.82) is 0 Å². The van der Waals surface area contributed by atoms with Gasteiger partial charge in [0.05, 0.1) is 18.0 Å². The number of amides is 2. The molecule has 116 valence electrons. The number of ether oxygens (including phenoxy) is 1. The highest BCUT2D eigenvalue weighted by atomic mass is 32.2. The van der Waals surface area contributed by atoms with Crippen molar-refractivity contribution in [3.05, 3.63) is 29.8 Å². The molecule has 22 heavy (non-hydrogen) atoms. The van der Waals surface area contributed by atoms with E-state index in [1.165, 1.54) is 0 Å². The first-order chi connectivity index (χ1) is 10.6. The molecule has 0 radical (unpaired) electrons. The third-order valence-electron chi connectivity index (χ3n) is 2.63. The summed E-state index contributed by atoms with van der Waals surface area (Å²) >= 11 is 1.13. The van der Waals surface area contributed by atoms with Gasteiger partial charge >= 0.3 is 6.09 Å². The number of nitrogens with one attached hydrogen (secondary N) is 1. The maximum Gasteiger partial charge on any atom is 0.413 e. The Bertz CT molecular complexity index is 673. The van der Waals surface area contributed by atoms with Crippen LogP contribution in [-0.4, -0.2) is 44.6 Å². The Labute approximate surface area is 131 Å². The molecular formula is C13H15N5O3S. The van der Waals surface area contributed by atoms with Crippen molar-refractivity contribution in [1.82, 2.24) is 25.5 Å². The smallest absolute Gasteiger partial charge is 0.413 e. The van der Waals surface area contributed by atoms with Crippen LogP contribution in [0.4, 0.5) is 4.79 Å². The fourth-order valence-electron chi connectivity index (χ4n) is 1.67. The summed E-state index contributed by atoms with van der Waals surface area (Å²) in [7, 11) is 0. The Morgan fingerprint density at radius 2 is 2.14 bits per heavy atom. The van der Waals surface area contributed by atoms with Crippen LogP contribution in [-0.2, 0) is 9.53 Å². The first-order valence-electron chi connectivity index (χ1n) is 6.55. The highest BCUT2D eigenvalue weighted by molar-refractivity contribution is 7.99. The molecule has 0 fully saturated rings. The number of rotatable bonds is 5. The Morgan fingerprint density at radius 3 is 2.86 bits per heavy atom. The van der Waals surface area contributed by atoms with Crippen molar-refractivity contribution < 1.29 is 14.3 Å². The molecule has 1 aromatic carbocycles. The summed E-state index contributed by atoms with van der Waals surface area (Å²) in [6.07, 6.45) is -0.758. The number of alkyl carbamates (subject to hydrolysis) is 1. The third-order valence-corrected chi connectivity index (χ3v) is 3.55. The number of para-hydroxylation sites is 1. The Hall–Kier alpha value is -2.42. The van der Waals surface area contributed by atoms with E-state index in [1.807, 2.05) is 31.2 Å². The summed E-state index contributed by atoms with van der Waals surface area (Å²) in [5.74, 6) is -0.465. The Balaban J connectivity index is 2.01. The number of tetrazole rings is 1. The predicted octanol–water partition coefficient (Wildman–Crippen LogP) is 1.34. The molecule has 1 aromatic heterocycles. The Morgan fingerprint density at radius 1 is 1.36 bits per heavy atom. The van der Waals surface area contributed by atoms with Crippen molar-refractivity contribution in [2.45, 2.75) is 19.0 Å². The molecule has 1 N–H and O–H groups in total. The molecule has 9 heteroatoms. The van der Waals surface area contributed by atoms with E-state index in [2.05, 4.69) is 25.6 Å². The number of aryl methyl sites for hydroxylation is 1. The van der Waals surface area contributed by atoms with E-state index in [1.54, 1.807) is 11.6 Å². The molecule has 0 spiro atoms. The van der Waals surface area contributed by atoms with Crippen LogP contribution >= 0.6 is 11.8 Å². The zero-order valence-electron chi connectivity index (χ0n) is 12.1. The van der Waals surface area contributed by atoms with E-state index < -0.39 is 12.0 Å². The van der Waals surface area contributed by atoms with Crippen molar-refractivity contribution in [3.63, 3.8) is 0 Å². The van der Waals surface area contributed by atoms with Gasteiger partial charge in [-0.3, -0.25) is 10.1 Å². The highest BCUT2D eigenvalue weighted by Gasteiger charge is 2.14. The molecule has 0 aliphatic heterocycles. The van der Waals surface area contributed by atoms with Gasteiger partial charge in [0.1, 0.15) is 0 Å². The van der Waals surface area contributed by atoms with Gasteiger partial charge in [-0.2, -0.15) is 4.68 Å². The van der Waals surface area contributed by atoms with Crippen molar-refractivity contribution in [3.8, 4) is 5.69 Å². The van der Waals surface area contributed by atoms with E-state index in [0.29, 0.717) is 5.16 Å². The van der Waals surface area contributed by atoms with Crippen LogP contribution in [0.25, 0.3) is 5.69 Å². The minimum Gasteiger partial charge on any atom is -0.450 e. The number of imide groups is 1. The van der Waals surface area contributed by atoms with E-state index in [-0.39, 0.29) is 12.4 Å². The van der Waals surface area contributed by atoms with Gasteiger partial charge in [-0.05, 0) is 35.9 Å². The quantitative estimate of drug-likeness (QED) is 0.829. The third kappa shape index (κ3) is 4.04. The predicted molar refractivity (Wildman–Crippen MR) is 79.8 cm³/mol. The minimum atomic E-state index is -0.758. The molecule has 0 aliphatic rings. The average Bonchev–Trinajstić information content (AvgIpc) is 2.94. The molecule has 0 saturated carbocycles. The normalized spacial score (nSPS) is 10.3. The minimum absolute atomic E-state index is 0.00503. The number of nitrogens with zero attached hydrogens (tertiary/aromatic N) is 4. The summed E-state index contributed by atoms with van der Waals surface area (Å²) < 4.78 is 6.19. The molecule has 2 amide bonds. The van der Waals surface area contributed by atoms with E-state index >= 15 is 0 Å². The van der Waals surface area contributed by atoms with Gasteiger partial charge < -0.3 is 4.74 Å². The topological polar surface area (TPSA) is 99.0 Å². The van der Waals surface area contributed by atoms with Gasteiger partial charge in [0, 0.05) is 0 Å². The van der Waals surface area contributed by atoms with Gasteiger partial charge in [-0.15, -0.1) is 5.10 Å². The maximum absolute atomic E-state index is 11.6. The van der Waals surface area contributed by atoms with Crippen LogP contribution in [0, 0.1) is 6.92 Å². The van der Waals surface area contributed by atoms with E-state index in [0.717, 1.165) is 23.0 Å². The highest BCUT2D eigenvalue weighted by Crippen LogP contribution is 2.20. The molecule has 1 heterocycles. The van der Waals surface area contributed by atoms with Crippen LogP contribution < -0.4 is 5.32 Å². The monoisotopic (exact) mass is 321 g/mol. The molecule has 0 atom stereocenters. The molecule has 8 nitrogen and oxygen atoms in total. The molecule has 0 aliphatic carbocycles. The van der Waals surface area contributed by atoms with E-state index in [4.69, 9.17) is 0 Å². The van der Waals surface area contributed by atoms with E-state index in [9.17, 15) is 9.59 Å². The zero-order chi connectivity index (χ0) is 15.9. The van der Waals surface area contributed by atoms with Gasteiger partial charge in [-0.25, -0.2) is 4.79 Å². The second-order valence-electron chi connectivity index (χ2n) is 4.22. The van der Waals surface area contributed by atoms with Crippen LogP contribution in [0.15, 0.2) is 29.4 Å². The maximum atomic E-state index is 11.6. The summed E-state index contributed by atoms with van der Waals surface area (Å²) in [5.41, 5.74) is 1.84. The first kappa shape index (κ1) is 16.0. The zero-order valence-corrected chi connectivity index (χ0v) is 13.0. The van der Waals surface area contributed by atoms with Gasteiger partial charge in [0.25, 0.3) is 0 Å².